The molecule has 1 N–H and O–H groups in total. The second kappa shape index (κ2) is 6.59. The third kappa shape index (κ3) is 4.14. The zero-order valence-electron chi connectivity index (χ0n) is 10.9. The van der Waals surface area contributed by atoms with Crippen LogP contribution < -0.4 is 5.32 Å². The van der Waals surface area contributed by atoms with Gasteiger partial charge in [0.05, 0.1) is 6.26 Å². The summed E-state index contributed by atoms with van der Waals surface area (Å²) < 4.78 is 5.11. The molecule has 1 atom stereocenters. The van der Waals surface area contributed by atoms with Gasteiger partial charge < -0.3 is 9.73 Å². The molecular formula is C16H17NO2. The van der Waals surface area contributed by atoms with Crippen molar-refractivity contribution >= 4 is 12.0 Å². The highest BCUT2D eigenvalue weighted by Gasteiger charge is 2.05. The van der Waals surface area contributed by atoms with Gasteiger partial charge in [-0.25, -0.2) is 0 Å². The molecule has 2 aromatic rings. The van der Waals surface area contributed by atoms with Crippen LogP contribution in [-0.4, -0.2) is 12.5 Å². The molecule has 0 saturated carbocycles. The molecule has 0 aliphatic heterocycles. The average Bonchev–Trinajstić information content (AvgIpc) is 2.96. The summed E-state index contributed by atoms with van der Waals surface area (Å²) in [5.41, 5.74) is 1.22. The second-order valence-electron chi connectivity index (χ2n) is 4.41. The molecule has 0 aliphatic carbocycles. The molecule has 1 aromatic heterocycles. The lowest BCUT2D eigenvalue weighted by molar-refractivity contribution is -0.116. The van der Waals surface area contributed by atoms with Gasteiger partial charge in [-0.15, -0.1) is 0 Å². The first-order chi connectivity index (χ1) is 9.25. The summed E-state index contributed by atoms with van der Waals surface area (Å²) in [7, 11) is 0. The number of carbonyl (C=O) groups excluding carboxylic acids is 1. The number of benzene rings is 1. The summed E-state index contributed by atoms with van der Waals surface area (Å²) in [4.78, 5) is 11.6. The van der Waals surface area contributed by atoms with Crippen LogP contribution in [0.1, 0.15) is 24.2 Å². The summed E-state index contributed by atoms with van der Waals surface area (Å²) in [6.07, 6.45) is 4.72. The van der Waals surface area contributed by atoms with Crippen LogP contribution in [0.2, 0.25) is 0 Å². The number of carbonyl (C=O) groups is 1. The summed E-state index contributed by atoms with van der Waals surface area (Å²) in [6, 6.07) is 13.7. The van der Waals surface area contributed by atoms with Crippen LogP contribution >= 0.6 is 0 Å². The maximum absolute atomic E-state index is 11.6. The Bertz CT molecular complexity index is 529. The van der Waals surface area contributed by atoms with Gasteiger partial charge in [-0.1, -0.05) is 37.3 Å². The highest BCUT2D eigenvalue weighted by Crippen LogP contribution is 2.12. The zero-order valence-corrected chi connectivity index (χ0v) is 10.9. The van der Waals surface area contributed by atoms with Gasteiger partial charge in [-0.05, 0) is 29.7 Å². The van der Waals surface area contributed by atoms with Crippen molar-refractivity contribution in [1.29, 1.82) is 0 Å². The standard InChI is InChI=1S/C16H17NO2/c1-13(14-6-3-2-4-7-14)12-17-16(18)10-9-15-8-5-11-19-15/h2-11,13H,12H2,1H3,(H,17,18). The van der Waals surface area contributed by atoms with Gasteiger partial charge in [-0.3, -0.25) is 4.79 Å². The summed E-state index contributed by atoms with van der Waals surface area (Å²) in [6.45, 7) is 2.71. The fraction of sp³-hybridized carbons (Fsp3) is 0.188. The van der Waals surface area contributed by atoms with Gasteiger partial charge in [0.1, 0.15) is 5.76 Å². The van der Waals surface area contributed by atoms with Crippen molar-refractivity contribution in [3.63, 3.8) is 0 Å². The number of furan rings is 1. The van der Waals surface area contributed by atoms with E-state index in [1.54, 1.807) is 24.5 Å². The first kappa shape index (κ1) is 13.1. The Hall–Kier alpha value is -2.29. The lowest BCUT2D eigenvalue weighted by Gasteiger charge is -2.11. The normalized spacial score (nSPS) is 12.5. The van der Waals surface area contributed by atoms with Gasteiger partial charge in [0.25, 0.3) is 0 Å². The predicted octanol–water partition coefficient (Wildman–Crippen LogP) is 3.21. The summed E-state index contributed by atoms with van der Waals surface area (Å²) in [5, 5.41) is 2.88. The molecule has 3 heteroatoms. The molecule has 19 heavy (non-hydrogen) atoms. The number of hydrogen-bond acceptors (Lipinski definition) is 2. The minimum atomic E-state index is -0.112. The zero-order chi connectivity index (χ0) is 13.5. The van der Waals surface area contributed by atoms with Crippen molar-refractivity contribution < 1.29 is 9.21 Å². The number of hydrogen-bond donors (Lipinski definition) is 1. The van der Waals surface area contributed by atoms with Crippen molar-refractivity contribution in [2.45, 2.75) is 12.8 Å². The Morgan fingerprint density at radius 2 is 2.05 bits per heavy atom. The van der Waals surface area contributed by atoms with Crippen molar-refractivity contribution in [2.24, 2.45) is 0 Å². The average molecular weight is 255 g/mol. The number of amides is 1. The molecule has 0 bridgehead atoms. The van der Waals surface area contributed by atoms with Crippen LogP contribution in [0, 0.1) is 0 Å². The van der Waals surface area contributed by atoms with Crippen molar-refractivity contribution in [2.75, 3.05) is 6.54 Å². The molecule has 0 aliphatic rings. The minimum absolute atomic E-state index is 0.112. The molecule has 0 spiro atoms. The molecule has 1 unspecified atom stereocenters. The highest BCUT2D eigenvalue weighted by molar-refractivity contribution is 5.91. The van der Waals surface area contributed by atoms with Gasteiger partial charge >= 0.3 is 0 Å². The van der Waals surface area contributed by atoms with E-state index in [1.165, 1.54) is 11.6 Å². The van der Waals surface area contributed by atoms with Crippen molar-refractivity contribution in [3.8, 4) is 0 Å². The smallest absolute Gasteiger partial charge is 0.244 e. The first-order valence-electron chi connectivity index (χ1n) is 6.30. The largest absolute Gasteiger partial charge is 0.465 e. The van der Waals surface area contributed by atoms with E-state index in [2.05, 4.69) is 24.4 Å². The molecule has 1 heterocycles. The Kier molecular flexibility index (Phi) is 4.56. The Morgan fingerprint density at radius 1 is 1.26 bits per heavy atom. The molecule has 98 valence electrons. The predicted molar refractivity (Wildman–Crippen MR) is 75.6 cm³/mol. The van der Waals surface area contributed by atoms with Crippen molar-refractivity contribution in [3.05, 3.63) is 66.1 Å². The Balaban J connectivity index is 1.81. The van der Waals surface area contributed by atoms with E-state index >= 15 is 0 Å². The van der Waals surface area contributed by atoms with E-state index in [0.29, 0.717) is 18.2 Å². The minimum Gasteiger partial charge on any atom is -0.465 e. The third-order valence-corrected chi connectivity index (χ3v) is 2.89. The highest BCUT2D eigenvalue weighted by atomic mass is 16.3. The van der Waals surface area contributed by atoms with E-state index in [1.807, 2.05) is 18.2 Å². The molecule has 1 amide bonds. The van der Waals surface area contributed by atoms with E-state index in [-0.39, 0.29) is 5.91 Å². The maximum Gasteiger partial charge on any atom is 0.244 e. The molecular weight excluding hydrogens is 238 g/mol. The summed E-state index contributed by atoms with van der Waals surface area (Å²) in [5.74, 6) is 0.854. The topological polar surface area (TPSA) is 42.2 Å². The van der Waals surface area contributed by atoms with E-state index in [9.17, 15) is 4.79 Å². The van der Waals surface area contributed by atoms with E-state index < -0.39 is 0 Å². The van der Waals surface area contributed by atoms with Crippen LogP contribution in [0.4, 0.5) is 0 Å². The van der Waals surface area contributed by atoms with Gasteiger partial charge in [0.2, 0.25) is 5.91 Å². The number of rotatable bonds is 5. The molecule has 3 nitrogen and oxygen atoms in total. The quantitative estimate of drug-likeness (QED) is 0.833. The fourth-order valence-electron chi connectivity index (χ4n) is 1.76. The lowest BCUT2D eigenvalue weighted by atomic mass is 10.0. The number of nitrogens with one attached hydrogen (secondary N) is 1. The lowest BCUT2D eigenvalue weighted by Crippen LogP contribution is -2.25. The second-order valence-corrected chi connectivity index (χ2v) is 4.41. The van der Waals surface area contributed by atoms with Crippen LogP contribution in [0.25, 0.3) is 6.08 Å². The van der Waals surface area contributed by atoms with Crippen molar-refractivity contribution in [1.82, 2.24) is 5.32 Å². The van der Waals surface area contributed by atoms with Gasteiger partial charge in [-0.2, -0.15) is 0 Å². The molecule has 0 radical (unpaired) electrons. The molecule has 0 fully saturated rings. The molecule has 2 rings (SSSR count). The van der Waals surface area contributed by atoms with Crippen LogP contribution in [-0.2, 0) is 4.79 Å². The van der Waals surface area contributed by atoms with Crippen LogP contribution in [0.15, 0.2) is 59.2 Å². The molecule has 0 saturated heterocycles. The monoisotopic (exact) mass is 255 g/mol. The van der Waals surface area contributed by atoms with Gasteiger partial charge in [0, 0.05) is 12.6 Å². The van der Waals surface area contributed by atoms with Crippen LogP contribution in [0.5, 0.6) is 0 Å². The van der Waals surface area contributed by atoms with E-state index in [4.69, 9.17) is 4.42 Å². The fourth-order valence-corrected chi connectivity index (χ4v) is 1.76. The Morgan fingerprint density at radius 3 is 2.74 bits per heavy atom. The van der Waals surface area contributed by atoms with Gasteiger partial charge in [0.15, 0.2) is 0 Å². The third-order valence-electron chi connectivity index (χ3n) is 2.89. The van der Waals surface area contributed by atoms with Crippen LogP contribution in [0.3, 0.4) is 0 Å². The van der Waals surface area contributed by atoms with E-state index in [0.717, 1.165) is 0 Å². The molecule has 1 aromatic carbocycles. The summed E-state index contributed by atoms with van der Waals surface area (Å²) >= 11 is 0. The first-order valence-corrected chi connectivity index (χ1v) is 6.30. The SMILES string of the molecule is CC(CNC(=O)C=Cc1ccco1)c1ccccc1. The Labute approximate surface area is 112 Å². The maximum atomic E-state index is 11.6.